The molecule has 1 amide bonds. The number of carbonyl (C=O) groups is 1. The van der Waals surface area contributed by atoms with Crippen LogP contribution in [0.3, 0.4) is 0 Å². The van der Waals surface area contributed by atoms with Crippen LogP contribution in [0.25, 0.3) is 0 Å². The van der Waals surface area contributed by atoms with Gasteiger partial charge in [0.1, 0.15) is 5.75 Å². The molecule has 0 radical (unpaired) electrons. The Morgan fingerprint density at radius 3 is 2.94 bits per heavy atom. The largest absolute Gasteiger partial charge is 0.477 e. The molecule has 2 aliphatic rings. The summed E-state index contributed by atoms with van der Waals surface area (Å²) in [6, 6.07) is 8.04. The molecule has 1 heterocycles. The Morgan fingerprint density at radius 1 is 1.39 bits per heavy atom. The minimum absolute atomic E-state index is 0.00565. The SMILES string of the molecule is CC1CC(NC(=O)C2CNc3ccccc3O2)C1. The standard InChI is InChI=1S/C14H18N2O2/c1-9-6-10(7-9)16-14(17)13-8-15-11-4-2-3-5-12(11)18-13/h2-5,9-10,13,15H,6-8H2,1H3,(H,16,17). The number of hydrogen-bond donors (Lipinski definition) is 2. The highest BCUT2D eigenvalue weighted by molar-refractivity contribution is 5.83. The molecular weight excluding hydrogens is 228 g/mol. The molecule has 4 nitrogen and oxygen atoms in total. The zero-order chi connectivity index (χ0) is 12.5. The normalized spacial score (nSPS) is 29.3. The van der Waals surface area contributed by atoms with E-state index in [1.165, 1.54) is 0 Å². The Balaban J connectivity index is 1.60. The van der Waals surface area contributed by atoms with Crippen molar-refractivity contribution in [2.45, 2.75) is 31.9 Å². The Bertz CT molecular complexity index is 455. The lowest BCUT2D eigenvalue weighted by atomic mass is 9.82. The summed E-state index contributed by atoms with van der Waals surface area (Å²) in [5.41, 5.74) is 0.957. The average Bonchev–Trinajstić information content (AvgIpc) is 2.36. The molecule has 0 bridgehead atoms. The molecule has 0 saturated heterocycles. The molecule has 0 spiro atoms. The van der Waals surface area contributed by atoms with Gasteiger partial charge in [0, 0.05) is 6.04 Å². The van der Waals surface area contributed by atoms with Crippen LogP contribution < -0.4 is 15.4 Å². The van der Waals surface area contributed by atoms with E-state index in [-0.39, 0.29) is 5.91 Å². The number of benzene rings is 1. The van der Waals surface area contributed by atoms with Crippen molar-refractivity contribution in [3.8, 4) is 5.75 Å². The summed E-state index contributed by atoms with van der Waals surface area (Å²) in [5.74, 6) is 1.49. The summed E-state index contributed by atoms with van der Waals surface area (Å²) in [7, 11) is 0. The van der Waals surface area contributed by atoms with Crippen LogP contribution in [0.1, 0.15) is 19.8 Å². The lowest BCUT2D eigenvalue weighted by molar-refractivity contribution is -0.129. The quantitative estimate of drug-likeness (QED) is 0.836. The third kappa shape index (κ3) is 2.15. The number of carbonyl (C=O) groups excluding carboxylic acids is 1. The fourth-order valence-electron chi connectivity index (χ4n) is 2.57. The molecule has 0 aromatic heterocycles. The van der Waals surface area contributed by atoms with Gasteiger partial charge in [0.05, 0.1) is 12.2 Å². The summed E-state index contributed by atoms with van der Waals surface area (Å²) in [6.45, 7) is 2.74. The van der Waals surface area contributed by atoms with E-state index in [9.17, 15) is 4.79 Å². The van der Waals surface area contributed by atoms with E-state index in [1.807, 2.05) is 24.3 Å². The fraction of sp³-hybridized carbons (Fsp3) is 0.500. The molecule has 1 aromatic rings. The monoisotopic (exact) mass is 246 g/mol. The summed E-state index contributed by atoms with van der Waals surface area (Å²) in [4.78, 5) is 12.0. The van der Waals surface area contributed by atoms with Gasteiger partial charge in [0.25, 0.3) is 5.91 Å². The van der Waals surface area contributed by atoms with E-state index in [0.717, 1.165) is 30.2 Å². The van der Waals surface area contributed by atoms with E-state index < -0.39 is 6.10 Å². The van der Waals surface area contributed by atoms with E-state index in [4.69, 9.17) is 4.74 Å². The van der Waals surface area contributed by atoms with Crippen molar-refractivity contribution in [2.75, 3.05) is 11.9 Å². The highest BCUT2D eigenvalue weighted by Crippen LogP contribution is 2.29. The van der Waals surface area contributed by atoms with E-state index in [1.54, 1.807) is 0 Å². The van der Waals surface area contributed by atoms with Crippen LogP contribution in [0.2, 0.25) is 0 Å². The number of amides is 1. The summed E-state index contributed by atoms with van der Waals surface area (Å²) in [6.07, 6.45) is 1.75. The summed E-state index contributed by atoms with van der Waals surface area (Å²) in [5, 5.41) is 6.27. The van der Waals surface area contributed by atoms with E-state index >= 15 is 0 Å². The Hall–Kier alpha value is -1.71. The predicted molar refractivity (Wildman–Crippen MR) is 69.7 cm³/mol. The van der Waals surface area contributed by atoms with Crippen molar-refractivity contribution in [2.24, 2.45) is 5.92 Å². The van der Waals surface area contributed by atoms with Gasteiger partial charge in [-0.05, 0) is 30.9 Å². The van der Waals surface area contributed by atoms with Crippen molar-refractivity contribution >= 4 is 11.6 Å². The van der Waals surface area contributed by atoms with Crippen LogP contribution in [-0.2, 0) is 4.79 Å². The zero-order valence-corrected chi connectivity index (χ0v) is 10.5. The second-order valence-corrected chi connectivity index (χ2v) is 5.27. The average molecular weight is 246 g/mol. The number of rotatable bonds is 2. The molecule has 3 rings (SSSR count). The van der Waals surface area contributed by atoms with Crippen LogP contribution in [0, 0.1) is 5.92 Å². The molecule has 1 atom stereocenters. The van der Waals surface area contributed by atoms with Crippen LogP contribution in [0.5, 0.6) is 5.75 Å². The molecule has 1 fully saturated rings. The molecular formula is C14H18N2O2. The number of ether oxygens (including phenoxy) is 1. The van der Waals surface area contributed by atoms with E-state index in [2.05, 4.69) is 17.6 Å². The summed E-state index contributed by atoms with van der Waals surface area (Å²) < 4.78 is 5.72. The fourth-order valence-corrected chi connectivity index (χ4v) is 2.57. The lowest BCUT2D eigenvalue weighted by Crippen LogP contribution is -2.51. The van der Waals surface area contributed by atoms with Gasteiger partial charge in [-0.15, -0.1) is 0 Å². The second-order valence-electron chi connectivity index (χ2n) is 5.27. The van der Waals surface area contributed by atoms with Crippen LogP contribution >= 0.6 is 0 Å². The van der Waals surface area contributed by atoms with Gasteiger partial charge in [0.15, 0.2) is 6.10 Å². The Morgan fingerprint density at radius 2 is 2.17 bits per heavy atom. The molecule has 1 aliphatic heterocycles. The topological polar surface area (TPSA) is 50.4 Å². The van der Waals surface area contributed by atoms with Gasteiger partial charge in [-0.3, -0.25) is 4.79 Å². The third-order valence-electron chi connectivity index (χ3n) is 3.65. The van der Waals surface area contributed by atoms with Gasteiger partial charge in [-0.1, -0.05) is 19.1 Å². The van der Waals surface area contributed by atoms with Gasteiger partial charge >= 0.3 is 0 Å². The molecule has 1 aromatic carbocycles. The number of anilines is 1. The second kappa shape index (κ2) is 4.52. The number of nitrogens with one attached hydrogen (secondary N) is 2. The van der Waals surface area contributed by atoms with Crippen LogP contribution in [-0.4, -0.2) is 24.6 Å². The molecule has 1 saturated carbocycles. The van der Waals surface area contributed by atoms with Crippen LogP contribution in [0.15, 0.2) is 24.3 Å². The Kier molecular flexibility index (Phi) is 2.86. The van der Waals surface area contributed by atoms with Crippen LogP contribution in [0.4, 0.5) is 5.69 Å². The maximum Gasteiger partial charge on any atom is 0.263 e. The van der Waals surface area contributed by atoms with Crippen molar-refractivity contribution in [1.29, 1.82) is 0 Å². The lowest BCUT2D eigenvalue weighted by Gasteiger charge is -2.35. The maximum absolute atomic E-state index is 12.0. The first-order valence-corrected chi connectivity index (χ1v) is 6.52. The van der Waals surface area contributed by atoms with Gasteiger partial charge in [0.2, 0.25) is 0 Å². The Labute approximate surface area is 107 Å². The first-order chi connectivity index (χ1) is 8.72. The van der Waals surface area contributed by atoms with Crippen molar-refractivity contribution in [3.63, 3.8) is 0 Å². The van der Waals surface area contributed by atoms with Crippen molar-refractivity contribution in [3.05, 3.63) is 24.3 Å². The number of para-hydroxylation sites is 2. The molecule has 1 aliphatic carbocycles. The number of fused-ring (bicyclic) bond motifs is 1. The number of hydrogen-bond acceptors (Lipinski definition) is 3. The molecule has 96 valence electrons. The first-order valence-electron chi connectivity index (χ1n) is 6.52. The van der Waals surface area contributed by atoms with E-state index in [0.29, 0.717) is 12.6 Å². The van der Waals surface area contributed by atoms with Gasteiger partial charge < -0.3 is 15.4 Å². The highest BCUT2D eigenvalue weighted by Gasteiger charge is 2.31. The smallest absolute Gasteiger partial charge is 0.263 e. The third-order valence-corrected chi connectivity index (χ3v) is 3.65. The van der Waals surface area contributed by atoms with Crippen molar-refractivity contribution in [1.82, 2.24) is 5.32 Å². The summed E-state index contributed by atoms with van der Waals surface area (Å²) >= 11 is 0. The van der Waals surface area contributed by atoms with Gasteiger partial charge in [-0.25, -0.2) is 0 Å². The predicted octanol–water partition coefficient (Wildman–Crippen LogP) is 1.77. The molecule has 2 N–H and O–H groups in total. The highest BCUT2D eigenvalue weighted by atomic mass is 16.5. The maximum atomic E-state index is 12.0. The molecule has 18 heavy (non-hydrogen) atoms. The van der Waals surface area contributed by atoms with Crippen molar-refractivity contribution < 1.29 is 9.53 Å². The minimum Gasteiger partial charge on any atom is -0.477 e. The first kappa shape index (κ1) is 11.4. The minimum atomic E-state index is -0.421. The molecule has 1 unspecified atom stereocenters. The van der Waals surface area contributed by atoms with Gasteiger partial charge in [-0.2, -0.15) is 0 Å². The molecule has 4 heteroatoms. The zero-order valence-electron chi connectivity index (χ0n) is 10.5.